The van der Waals surface area contributed by atoms with Crippen LogP contribution >= 0.6 is 11.8 Å². The van der Waals surface area contributed by atoms with Crippen molar-refractivity contribution in [1.29, 1.82) is 0 Å². The normalized spacial score (nSPS) is 24.1. The molecule has 1 aromatic carbocycles. The van der Waals surface area contributed by atoms with Crippen LogP contribution in [0.3, 0.4) is 0 Å². The Kier molecular flexibility index (Phi) is 5.96. The number of nitrogens with zero attached hydrogens (tertiary/aromatic N) is 1. The summed E-state index contributed by atoms with van der Waals surface area (Å²) in [4.78, 5) is 40.6. The smallest absolute Gasteiger partial charge is 0.256 e. The largest absolute Gasteiger partial charge is 0.394 e. The Morgan fingerprint density at radius 1 is 1.21 bits per heavy atom. The number of carbonyl (C=O) groups is 3. The minimum Gasteiger partial charge on any atom is -0.394 e. The number of amides is 3. The summed E-state index contributed by atoms with van der Waals surface area (Å²) in [5, 5.41) is 14.6. The number of fused-ring (bicyclic) bond motifs is 3. The van der Waals surface area contributed by atoms with E-state index < -0.39 is 22.9 Å². The Balaban J connectivity index is 1.84. The van der Waals surface area contributed by atoms with Crippen molar-refractivity contribution >= 4 is 29.5 Å². The van der Waals surface area contributed by atoms with Gasteiger partial charge in [-0.2, -0.15) is 0 Å². The van der Waals surface area contributed by atoms with E-state index in [1.807, 2.05) is 45.9 Å². The van der Waals surface area contributed by atoms with Crippen LogP contribution in [0.2, 0.25) is 0 Å². The lowest BCUT2D eigenvalue weighted by Gasteiger charge is -2.32. The lowest BCUT2D eigenvalue weighted by atomic mass is 9.98. The first-order chi connectivity index (χ1) is 13.6. The molecule has 1 saturated heterocycles. The zero-order chi connectivity index (χ0) is 21.5. The third kappa shape index (κ3) is 3.88. The number of rotatable bonds is 6. The molecule has 1 fully saturated rings. The Labute approximate surface area is 175 Å². The first-order valence-electron chi connectivity index (χ1n) is 9.89. The number of nitrogens with one attached hydrogen (secondary N) is 2. The van der Waals surface area contributed by atoms with Crippen LogP contribution in [0.25, 0.3) is 0 Å². The summed E-state index contributed by atoms with van der Waals surface area (Å²) in [6.45, 7) is 9.12. The van der Waals surface area contributed by atoms with Crippen LogP contribution in [-0.2, 0) is 9.59 Å². The highest BCUT2D eigenvalue weighted by Gasteiger charge is 2.57. The van der Waals surface area contributed by atoms with E-state index >= 15 is 0 Å². The zero-order valence-electron chi connectivity index (χ0n) is 17.4. The average Bonchev–Trinajstić information content (AvgIpc) is 3.09. The quantitative estimate of drug-likeness (QED) is 0.652. The number of carbonyl (C=O) groups excluding carboxylic acids is 3. The second-order valence-electron chi connectivity index (χ2n) is 8.60. The van der Waals surface area contributed by atoms with Gasteiger partial charge < -0.3 is 20.6 Å². The molecule has 0 radical (unpaired) electrons. The maximum atomic E-state index is 13.3. The molecule has 1 aromatic rings. The maximum Gasteiger partial charge on any atom is 0.256 e. The Morgan fingerprint density at radius 2 is 1.86 bits per heavy atom. The highest BCUT2D eigenvalue weighted by atomic mass is 32.2. The molecule has 0 bridgehead atoms. The van der Waals surface area contributed by atoms with Gasteiger partial charge >= 0.3 is 0 Å². The third-order valence-corrected chi connectivity index (χ3v) is 6.99. The van der Waals surface area contributed by atoms with Gasteiger partial charge in [0.05, 0.1) is 6.61 Å². The summed E-state index contributed by atoms with van der Waals surface area (Å²) in [5.41, 5.74) is 1.56. The Hall–Kier alpha value is -2.06. The van der Waals surface area contributed by atoms with Crippen LogP contribution in [0.5, 0.6) is 0 Å². The monoisotopic (exact) mass is 419 g/mol. The van der Waals surface area contributed by atoms with Crippen molar-refractivity contribution in [3.63, 3.8) is 0 Å². The molecule has 2 aliphatic heterocycles. The molecule has 7 nitrogen and oxygen atoms in total. The summed E-state index contributed by atoms with van der Waals surface area (Å²) in [7, 11) is 0. The molecule has 0 spiro atoms. The SMILES string of the molecule is CC(C)[C@H](NC(=O)[C@@H]1N2C(=O)c3ccccc3[C@@H]2SC1(C)C)C(=O)N[C@@H](C)CO. The minimum atomic E-state index is -0.753. The molecule has 0 saturated carbocycles. The lowest BCUT2D eigenvalue weighted by molar-refractivity contribution is -0.133. The second kappa shape index (κ2) is 7.99. The number of benzene rings is 1. The summed E-state index contributed by atoms with van der Waals surface area (Å²) in [6, 6.07) is 5.60. The molecule has 0 unspecified atom stereocenters. The summed E-state index contributed by atoms with van der Waals surface area (Å²) in [6.07, 6.45) is 0. The molecule has 158 valence electrons. The molecular formula is C21H29N3O4S. The van der Waals surface area contributed by atoms with E-state index in [9.17, 15) is 19.5 Å². The van der Waals surface area contributed by atoms with E-state index in [1.165, 1.54) is 0 Å². The van der Waals surface area contributed by atoms with Gasteiger partial charge in [0.2, 0.25) is 11.8 Å². The standard InChI is InChI=1S/C21H29N3O4S/c1-11(2)15(17(26)22-12(3)10-25)23-18(27)16-21(4,5)29-20-14-9-7-6-8-13(14)19(28)24(16)20/h6-9,11-12,15-16,20,25H,10H2,1-5H3,(H,22,26)(H,23,27)/t12-,15-,16-,20-/m0/s1. The zero-order valence-corrected chi connectivity index (χ0v) is 18.2. The molecule has 0 aliphatic carbocycles. The van der Waals surface area contributed by atoms with Gasteiger partial charge in [-0.25, -0.2) is 0 Å². The van der Waals surface area contributed by atoms with Crippen LogP contribution in [0.4, 0.5) is 0 Å². The number of aliphatic hydroxyl groups excluding tert-OH is 1. The molecule has 3 rings (SSSR count). The topological polar surface area (TPSA) is 98.7 Å². The Morgan fingerprint density at radius 3 is 2.48 bits per heavy atom. The van der Waals surface area contributed by atoms with Crippen molar-refractivity contribution in [1.82, 2.24) is 15.5 Å². The van der Waals surface area contributed by atoms with E-state index in [1.54, 1.807) is 29.7 Å². The molecule has 0 aromatic heterocycles. The minimum absolute atomic E-state index is 0.149. The van der Waals surface area contributed by atoms with Crippen molar-refractivity contribution in [2.75, 3.05) is 6.61 Å². The first-order valence-corrected chi connectivity index (χ1v) is 10.8. The summed E-state index contributed by atoms with van der Waals surface area (Å²) < 4.78 is -0.506. The van der Waals surface area contributed by atoms with Gasteiger partial charge in [-0.3, -0.25) is 14.4 Å². The van der Waals surface area contributed by atoms with Gasteiger partial charge in [0.25, 0.3) is 5.91 Å². The molecule has 2 aliphatic rings. The molecule has 29 heavy (non-hydrogen) atoms. The van der Waals surface area contributed by atoms with Gasteiger partial charge in [-0.05, 0) is 38.3 Å². The Bertz CT molecular complexity index is 826. The van der Waals surface area contributed by atoms with Crippen LogP contribution in [-0.4, -0.2) is 57.2 Å². The number of hydrogen-bond donors (Lipinski definition) is 3. The number of aliphatic hydroxyl groups is 1. The predicted molar refractivity (Wildman–Crippen MR) is 112 cm³/mol. The second-order valence-corrected chi connectivity index (χ2v) is 10.3. The van der Waals surface area contributed by atoms with E-state index in [-0.39, 0.29) is 35.6 Å². The van der Waals surface area contributed by atoms with Crippen molar-refractivity contribution in [2.45, 2.75) is 62.9 Å². The molecule has 3 N–H and O–H groups in total. The third-order valence-electron chi connectivity index (χ3n) is 5.45. The van der Waals surface area contributed by atoms with Crippen LogP contribution in [0.1, 0.15) is 55.9 Å². The molecule has 4 atom stereocenters. The lowest BCUT2D eigenvalue weighted by Crippen LogP contribution is -2.59. The van der Waals surface area contributed by atoms with E-state index in [0.717, 1.165) is 5.56 Å². The maximum absolute atomic E-state index is 13.3. The van der Waals surface area contributed by atoms with Crippen LogP contribution < -0.4 is 10.6 Å². The van der Waals surface area contributed by atoms with E-state index in [2.05, 4.69) is 10.6 Å². The highest BCUT2D eigenvalue weighted by Crippen LogP contribution is 2.56. The van der Waals surface area contributed by atoms with E-state index in [4.69, 9.17) is 0 Å². The van der Waals surface area contributed by atoms with E-state index in [0.29, 0.717) is 5.56 Å². The fourth-order valence-electron chi connectivity index (χ4n) is 3.95. The summed E-state index contributed by atoms with van der Waals surface area (Å²) in [5.74, 6) is -0.977. The van der Waals surface area contributed by atoms with Gasteiger partial charge in [-0.15, -0.1) is 11.8 Å². The van der Waals surface area contributed by atoms with Crippen molar-refractivity contribution in [3.8, 4) is 0 Å². The van der Waals surface area contributed by atoms with Crippen LogP contribution in [0, 0.1) is 5.92 Å². The molecule has 8 heteroatoms. The number of hydrogen-bond acceptors (Lipinski definition) is 5. The number of thioether (sulfide) groups is 1. The fourth-order valence-corrected chi connectivity index (χ4v) is 5.54. The van der Waals surface area contributed by atoms with Gasteiger partial charge in [0.1, 0.15) is 17.5 Å². The fraction of sp³-hybridized carbons (Fsp3) is 0.571. The van der Waals surface area contributed by atoms with Crippen molar-refractivity contribution in [2.24, 2.45) is 5.92 Å². The predicted octanol–water partition coefficient (Wildman–Crippen LogP) is 1.67. The van der Waals surface area contributed by atoms with Gasteiger partial charge in [-0.1, -0.05) is 32.0 Å². The van der Waals surface area contributed by atoms with Crippen molar-refractivity contribution < 1.29 is 19.5 Å². The molecule has 3 amide bonds. The van der Waals surface area contributed by atoms with Crippen molar-refractivity contribution in [3.05, 3.63) is 35.4 Å². The van der Waals surface area contributed by atoms with Gasteiger partial charge in [0.15, 0.2) is 0 Å². The highest BCUT2D eigenvalue weighted by molar-refractivity contribution is 8.01. The van der Waals surface area contributed by atoms with Gasteiger partial charge in [0, 0.05) is 16.4 Å². The average molecular weight is 420 g/mol. The summed E-state index contributed by atoms with van der Waals surface area (Å²) >= 11 is 1.59. The molecular weight excluding hydrogens is 390 g/mol. The first kappa shape index (κ1) is 21.6. The molecule has 2 heterocycles. The van der Waals surface area contributed by atoms with Crippen LogP contribution in [0.15, 0.2) is 24.3 Å².